The van der Waals surface area contributed by atoms with Gasteiger partial charge in [-0.05, 0) is 25.1 Å². The smallest absolute Gasteiger partial charge is 0.319 e. The molecule has 1 fully saturated rings. The highest BCUT2D eigenvalue weighted by atomic mass is 16.2. The van der Waals surface area contributed by atoms with Crippen LogP contribution in [0.4, 0.5) is 10.5 Å². The number of hydrogen-bond donors (Lipinski definition) is 2. The van der Waals surface area contributed by atoms with E-state index in [1.807, 2.05) is 30.3 Å². The van der Waals surface area contributed by atoms with Gasteiger partial charge in [0.25, 0.3) is 0 Å². The lowest BCUT2D eigenvalue weighted by atomic mass is 10.0. The summed E-state index contributed by atoms with van der Waals surface area (Å²) in [7, 11) is 2.16. The second kappa shape index (κ2) is 8.15. The fraction of sp³-hybridized carbons (Fsp3) is 0.588. The fourth-order valence-corrected chi connectivity index (χ4v) is 2.83. The standard InChI is InChI=1S/C17H28N4O/c1-14(2)16(21-11-9-20(3)10-12-21)13-18-17(22)19-15-7-5-4-6-8-15/h4-8,14,16H,9-13H2,1-3H3,(H2,18,19,22). The van der Waals surface area contributed by atoms with Crippen LogP contribution in [-0.4, -0.2) is 61.6 Å². The Balaban J connectivity index is 1.82. The Morgan fingerprint density at radius 1 is 1.14 bits per heavy atom. The van der Waals surface area contributed by atoms with Crippen molar-refractivity contribution in [2.75, 3.05) is 45.1 Å². The molecule has 22 heavy (non-hydrogen) atoms. The zero-order chi connectivity index (χ0) is 15.9. The van der Waals surface area contributed by atoms with Crippen molar-refractivity contribution in [2.45, 2.75) is 19.9 Å². The highest BCUT2D eigenvalue weighted by Crippen LogP contribution is 2.13. The Morgan fingerprint density at radius 3 is 2.36 bits per heavy atom. The van der Waals surface area contributed by atoms with Crippen molar-refractivity contribution in [1.29, 1.82) is 0 Å². The molecule has 1 saturated heterocycles. The van der Waals surface area contributed by atoms with Crippen molar-refractivity contribution in [3.8, 4) is 0 Å². The molecule has 1 aromatic rings. The molecule has 2 rings (SSSR count). The summed E-state index contributed by atoms with van der Waals surface area (Å²) in [5.74, 6) is 0.514. The predicted molar refractivity (Wildman–Crippen MR) is 91.2 cm³/mol. The Hall–Kier alpha value is -1.59. The summed E-state index contributed by atoms with van der Waals surface area (Å²) < 4.78 is 0. The molecular formula is C17H28N4O. The van der Waals surface area contributed by atoms with Crippen LogP contribution in [0.15, 0.2) is 30.3 Å². The van der Waals surface area contributed by atoms with Gasteiger partial charge in [0.2, 0.25) is 0 Å². The quantitative estimate of drug-likeness (QED) is 0.875. The SMILES string of the molecule is CC(C)C(CNC(=O)Nc1ccccc1)N1CCN(C)CC1. The summed E-state index contributed by atoms with van der Waals surface area (Å²) in [5, 5.41) is 5.89. The summed E-state index contributed by atoms with van der Waals surface area (Å²) in [5.41, 5.74) is 0.820. The number of urea groups is 1. The predicted octanol–water partition coefficient (Wildman–Crippen LogP) is 2.08. The van der Waals surface area contributed by atoms with Crippen LogP contribution in [0.25, 0.3) is 0 Å². The van der Waals surface area contributed by atoms with E-state index in [9.17, 15) is 4.79 Å². The molecule has 5 heteroatoms. The summed E-state index contributed by atoms with van der Waals surface area (Å²) in [6.07, 6.45) is 0. The topological polar surface area (TPSA) is 47.6 Å². The number of likely N-dealkylation sites (N-methyl/N-ethyl adjacent to an activating group) is 1. The van der Waals surface area contributed by atoms with Crippen molar-refractivity contribution >= 4 is 11.7 Å². The lowest BCUT2D eigenvalue weighted by molar-refractivity contribution is 0.0890. The number of hydrogen-bond acceptors (Lipinski definition) is 3. The van der Waals surface area contributed by atoms with Crippen LogP contribution in [-0.2, 0) is 0 Å². The maximum atomic E-state index is 12.0. The number of rotatable bonds is 5. The van der Waals surface area contributed by atoms with E-state index in [1.165, 1.54) is 0 Å². The molecule has 1 aliphatic rings. The minimum Gasteiger partial charge on any atom is -0.336 e. The number of piperazine rings is 1. The molecule has 122 valence electrons. The average molecular weight is 304 g/mol. The van der Waals surface area contributed by atoms with Gasteiger partial charge in [0.15, 0.2) is 0 Å². The van der Waals surface area contributed by atoms with E-state index in [1.54, 1.807) is 0 Å². The lowest BCUT2D eigenvalue weighted by Gasteiger charge is -2.39. The molecule has 0 aliphatic carbocycles. The third kappa shape index (κ3) is 5.00. The van der Waals surface area contributed by atoms with E-state index >= 15 is 0 Å². The van der Waals surface area contributed by atoms with Crippen molar-refractivity contribution < 1.29 is 4.79 Å². The molecule has 1 aliphatic heterocycles. The molecule has 0 bridgehead atoms. The van der Waals surface area contributed by atoms with Gasteiger partial charge in [-0.25, -0.2) is 4.79 Å². The number of carbonyl (C=O) groups is 1. The van der Waals surface area contributed by atoms with Crippen LogP contribution < -0.4 is 10.6 Å². The zero-order valence-electron chi connectivity index (χ0n) is 13.9. The van der Waals surface area contributed by atoms with Crippen molar-refractivity contribution in [1.82, 2.24) is 15.1 Å². The van der Waals surface area contributed by atoms with Crippen LogP contribution in [0.2, 0.25) is 0 Å². The molecule has 0 radical (unpaired) electrons. The zero-order valence-corrected chi connectivity index (χ0v) is 13.9. The first-order chi connectivity index (χ1) is 10.6. The molecular weight excluding hydrogens is 276 g/mol. The number of benzene rings is 1. The number of para-hydroxylation sites is 1. The first-order valence-electron chi connectivity index (χ1n) is 8.08. The number of nitrogens with one attached hydrogen (secondary N) is 2. The van der Waals surface area contributed by atoms with Crippen molar-refractivity contribution in [3.05, 3.63) is 30.3 Å². The first kappa shape index (κ1) is 16.8. The van der Waals surface area contributed by atoms with E-state index in [2.05, 4.69) is 41.3 Å². The summed E-state index contributed by atoms with van der Waals surface area (Å²) in [6, 6.07) is 9.79. The second-order valence-electron chi connectivity index (χ2n) is 6.35. The minimum atomic E-state index is -0.133. The van der Waals surface area contributed by atoms with Gasteiger partial charge in [0.05, 0.1) is 0 Å². The summed E-state index contributed by atoms with van der Waals surface area (Å²) in [4.78, 5) is 16.9. The third-order valence-electron chi connectivity index (χ3n) is 4.28. The number of amides is 2. The highest BCUT2D eigenvalue weighted by Gasteiger charge is 2.25. The van der Waals surface area contributed by atoms with Crippen LogP contribution in [0.5, 0.6) is 0 Å². The second-order valence-corrected chi connectivity index (χ2v) is 6.35. The van der Waals surface area contributed by atoms with Crippen LogP contribution in [0.3, 0.4) is 0 Å². The van der Waals surface area contributed by atoms with Gasteiger partial charge in [0, 0.05) is 44.5 Å². The number of nitrogens with zero attached hydrogens (tertiary/aromatic N) is 2. The van der Waals surface area contributed by atoms with E-state index in [0.29, 0.717) is 18.5 Å². The van der Waals surface area contributed by atoms with Gasteiger partial charge in [-0.2, -0.15) is 0 Å². The Bertz CT molecular complexity index is 455. The maximum absolute atomic E-state index is 12.0. The Kier molecular flexibility index (Phi) is 6.21. The monoisotopic (exact) mass is 304 g/mol. The van der Waals surface area contributed by atoms with E-state index in [4.69, 9.17) is 0 Å². The average Bonchev–Trinajstić information content (AvgIpc) is 2.50. The first-order valence-corrected chi connectivity index (χ1v) is 8.08. The number of carbonyl (C=O) groups excluding carboxylic acids is 1. The van der Waals surface area contributed by atoms with Gasteiger partial charge in [-0.3, -0.25) is 4.90 Å². The molecule has 1 aromatic carbocycles. The maximum Gasteiger partial charge on any atom is 0.319 e. The third-order valence-corrected chi connectivity index (χ3v) is 4.28. The minimum absolute atomic E-state index is 0.133. The van der Waals surface area contributed by atoms with Gasteiger partial charge in [0.1, 0.15) is 0 Å². The Labute approximate surface area is 133 Å². The molecule has 1 heterocycles. The van der Waals surface area contributed by atoms with Crippen molar-refractivity contribution in [2.24, 2.45) is 5.92 Å². The van der Waals surface area contributed by atoms with Crippen LogP contribution >= 0.6 is 0 Å². The van der Waals surface area contributed by atoms with Gasteiger partial charge < -0.3 is 15.5 Å². The Morgan fingerprint density at radius 2 is 1.77 bits per heavy atom. The molecule has 0 aromatic heterocycles. The fourth-order valence-electron chi connectivity index (χ4n) is 2.83. The van der Waals surface area contributed by atoms with E-state index in [-0.39, 0.29) is 6.03 Å². The number of anilines is 1. The molecule has 1 atom stereocenters. The van der Waals surface area contributed by atoms with E-state index < -0.39 is 0 Å². The summed E-state index contributed by atoms with van der Waals surface area (Å²) in [6.45, 7) is 9.46. The van der Waals surface area contributed by atoms with Gasteiger partial charge >= 0.3 is 6.03 Å². The van der Waals surface area contributed by atoms with Crippen LogP contribution in [0.1, 0.15) is 13.8 Å². The molecule has 2 amide bonds. The summed E-state index contributed by atoms with van der Waals surface area (Å²) >= 11 is 0. The highest BCUT2D eigenvalue weighted by molar-refractivity contribution is 5.89. The lowest BCUT2D eigenvalue weighted by Crippen LogP contribution is -2.54. The normalized spacial score (nSPS) is 18.2. The van der Waals surface area contributed by atoms with Gasteiger partial charge in [-0.15, -0.1) is 0 Å². The molecule has 2 N–H and O–H groups in total. The van der Waals surface area contributed by atoms with Crippen molar-refractivity contribution in [3.63, 3.8) is 0 Å². The molecule has 0 saturated carbocycles. The molecule has 0 spiro atoms. The molecule has 5 nitrogen and oxygen atoms in total. The van der Waals surface area contributed by atoms with E-state index in [0.717, 1.165) is 31.9 Å². The van der Waals surface area contributed by atoms with Crippen LogP contribution in [0, 0.1) is 5.92 Å². The molecule has 1 unspecified atom stereocenters. The largest absolute Gasteiger partial charge is 0.336 e. The van der Waals surface area contributed by atoms with Gasteiger partial charge in [-0.1, -0.05) is 32.0 Å².